The minimum absolute atomic E-state index is 0.695. The van der Waals surface area contributed by atoms with Gasteiger partial charge in [-0.2, -0.15) is 0 Å². The molecule has 0 unspecified atom stereocenters. The molecule has 0 saturated carbocycles. The highest BCUT2D eigenvalue weighted by atomic mass is 32.2. The first-order chi connectivity index (χ1) is 11.4. The van der Waals surface area contributed by atoms with Crippen LogP contribution in [-0.2, 0) is 6.42 Å². The fourth-order valence-corrected chi connectivity index (χ4v) is 3.25. The van der Waals surface area contributed by atoms with E-state index in [-0.39, 0.29) is 0 Å². The summed E-state index contributed by atoms with van der Waals surface area (Å²) in [7, 11) is 0. The summed E-state index contributed by atoms with van der Waals surface area (Å²) in [6.07, 6.45) is 9.53. The molecule has 0 saturated heterocycles. The fourth-order valence-electron chi connectivity index (χ4n) is 2.45. The van der Waals surface area contributed by atoms with Gasteiger partial charge in [0.05, 0.1) is 12.5 Å². The largest absolute Gasteiger partial charge is 0.461 e. The maximum Gasteiger partial charge on any atom is 0.256 e. The first-order valence-corrected chi connectivity index (χ1v) is 9.07. The monoisotopic (exact) mass is 327 g/mol. The molecule has 0 spiro atoms. The second kappa shape index (κ2) is 8.63. The van der Waals surface area contributed by atoms with Crippen molar-refractivity contribution in [1.82, 2.24) is 4.98 Å². The molecule has 23 heavy (non-hydrogen) atoms. The molecule has 0 bridgehead atoms. The molecule has 2 aromatic heterocycles. The summed E-state index contributed by atoms with van der Waals surface area (Å²) in [5.74, 6) is 2.47. The molecule has 4 heteroatoms. The number of aromatic nitrogens is 1. The summed E-state index contributed by atoms with van der Waals surface area (Å²) >= 11 is 1.67. The quantitative estimate of drug-likeness (QED) is 0.366. The van der Waals surface area contributed by atoms with Crippen LogP contribution in [0.2, 0.25) is 0 Å². The molecule has 3 nitrogen and oxygen atoms in total. The second-order valence-corrected chi connectivity index (χ2v) is 6.51. The van der Waals surface area contributed by atoms with Gasteiger partial charge in [0.1, 0.15) is 0 Å². The summed E-state index contributed by atoms with van der Waals surface area (Å²) in [5, 5.41) is 0.723. The van der Waals surface area contributed by atoms with Gasteiger partial charge in [-0.25, -0.2) is 4.98 Å². The number of benzene rings is 1. The smallest absolute Gasteiger partial charge is 0.256 e. The Kier molecular flexibility index (Phi) is 5.98. The van der Waals surface area contributed by atoms with Gasteiger partial charge in [0.25, 0.3) is 5.22 Å². The van der Waals surface area contributed by atoms with Crippen molar-refractivity contribution in [2.75, 3.05) is 5.75 Å². The molecule has 0 aliphatic heterocycles. The molecule has 0 aliphatic carbocycles. The minimum Gasteiger partial charge on any atom is -0.461 e. The SMILES string of the molecule is c1ccc(CCCCCCSc2ncc(-c3ccco3)o2)cc1. The summed E-state index contributed by atoms with van der Waals surface area (Å²) in [5.41, 5.74) is 1.44. The predicted molar refractivity (Wildman–Crippen MR) is 93.5 cm³/mol. The summed E-state index contributed by atoms with van der Waals surface area (Å²) < 4.78 is 11.0. The molecule has 0 radical (unpaired) electrons. The van der Waals surface area contributed by atoms with E-state index in [2.05, 4.69) is 35.3 Å². The predicted octanol–water partition coefficient (Wildman–Crippen LogP) is 5.83. The van der Waals surface area contributed by atoms with E-state index < -0.39 is 0 Å². The van der Waals surface area contributed by atoms with Crippen LogP contribution in [0.1, 0.15) is 31.2 Å². The molecule has 0 N–H and O–H groups in total. The highest BCUT2D eigenvalue weighted by molar-refractivity contribution is 7.99. The number of furan rings is 1. The van der Waals surface area contributed by atoms with Crippen LogP contribution < -0.4 is 0 Å². The van der Waals surface area contributed by atoms with Crippen LogP contribution in [0.3, 0.4) is 0 Å². The van der Waals surface area contributed by atoms with Crippen molar-refractivity contribution < 1.29 is 8.83 Å². The number of oxazole rings is 1. The topological polar surface area (TPSA) is 39.2 Å². The Morgan fingerprint density at radius 2 is 1.74 bits per heavy atom. The lowest BCUT2D eigenvalue weighted by Gasteiger charge is -2.01. The highest BCUT2D eigenvalue weighted by Crippen LogP contribution is 2.26. The number of unbranched alkanes of at least 4 members (excludes halogenated alkanes) is 3. The zero-order valence-corrected chi connectivity index (χ0v) is 13.9. The molecule has 2 heterocycles. The second-order valence-electron chi connectivity index (χ2n) is 5.47. The van der Waals surface area contributed by atoms with Crippen molar-refractivity contribution in [3.8, 4) is 11.5 Å². The maximum absolute atomic E-state index is 5.67. The van der Waals surface area contributed by atoms with E-state index in [1.54, 1.807) is 24.2 Å². The van der Waals surface area contributed by atoms with Crippen molar-refractivity contribution in [1.29, 1.82) is 0 Å². The lowest BCUT2D eigenvalue weighted by Crippen LogP contribution is -1.86. The van der Waals surface area contributed by atoms with Gasteiger partial charge in [0.2, 0.25) is 0 Å². The Morgan fingerprint density at radius 3 is 2.57 bits per heavy atom. The number of thioether (sulfide) groups is 1. The van der Waals surface area contributed by atoms with Gasteiger partial charge in [0.15, 0.2) is 11.5 Å². The number of hydrogen-bond donors (Lipinski definition) is 0. The molecule has 0 amide bonds. The van der Waals surface area contributed by atoms with E-state index in [1.165, 1.54) is 37.7 Å². The summed E-state index contributed by atoms with van der Waals surface area (Å²) in [6.45, 7) is 0. The van der Waals surface area contributed by atoms with Gasteiger partial charge in [0, 0.05) is 5.75 Å². The molecule has 0 fully saturated rings. The number of aryl methyl sites for hydroxylation is 1. The maximum atomic E-state index is 5.67. The average Bonchev–Trinajstić information content (AvgIpc) is 3.26. The molecular formula is C19H21NO2S. The number of hydrogen-bond acceptors (Lipinski definition) is 4. The van der Waals surface area contributed by atoms with Gasteiger partial charge in [-0.15, -0.1) is 0 Å². The summed E-state index contributed by atoms with van der Waals surface area (Å²) in [4.78, 5) is 4.28. The third-order valence-corrected chi connectivity index (χ3v) is 4.61. The molecule has 3 rings (SSSR count). The fraction of sp³-hybridized carbons (Fsp3) is 0.316. The van der Waals surface area contributed by atoms with E-state index in [4.69, 9.17) is 8.83 Å². The minimum atomic E-state index is 0.695. The lowest BCUT2D eigenvalue weighted by atomic mass is 10.1. The van der Waals surface area contributed by atoms with Crippen LogP contribution in [0.25, 0.3) is 11.5 Å². The Labute approximate surface area is 141 Å². The lowest BCUT2D eigenvalue weighted by molar-refractivity contribution is 0.448. The van der Waals surface area contributed by atoms with Gasteiger partial charge in [-0.3, -0.25) is 0 Å². The highest BCUT2D eigenvalue weighted by Gasteiger charge is 2.08. The molecule has 3 aromatic rings. The van der Waals surface area contributed by atoms with Crippen molar-refractivity contribution in [2.45, 2.75) is 37.3 Å². The van der Waals surface area contributed by atoms with E-state index >= 15 is 0 Å². The number of nitrogens with zero attached hydrogens (tertiary/aromatic N) is 1. The zero-order chi connectivity index (χ0) is 15.7. The molecule has 0 aliphatic rings. The number of rotatable bonds is 9. The van der Waals surface area contributed by atoms with Crippen LogP contribution in [0.15, 0.2) is 69.0 Å². The Morgan fingerprint density at radius 1 is 0.870 bits per heavy atom. The first-order valence-electron chi connectivity index (χ1n) is 8.08. The molecule has 0 atom stereocenters. The van der Waals surface area contributed by atoms with Crippen molar-refractivity contribution in [3.05, 3.63) is 60.5 Å². The van der Waals surface area contributed by atoms with Crippen molar-refractivity contribution >= 4 is 11.8 Å². The average molecular weight is 327 g/mol. The Bertz CT molecular complexity index is 676. The Hall–Kier alpha value is -1.94. The van der Waals surface area contributed by atoms with Crippen LogP contribution in [-0.4, -0.2) is 10.7 Å². The molecule has 120 valence electrons. The van der Waals surface area contributed by atoms with Crippen LogP contribution >= 0.6 is 11.8 Å². The van der Waals surface area contributed by atoms with E-state index in [1.807, 2.05) is 12.1 Å². The van der Waals surface area contributed by atoms with E-state index in [9.17, 15) is 0 Å². The Balaban J connectivity index is 1.28. The molecular weight excluding hydrogens is 306 g/mol. The normalized spacial score (nSPS) is 11.0. The van der Waals surface area contributed by atoms with Crippen molar-refractivity contribution in [2.24, 2.45) is 0 Å². The first kappa shape index (κ1) is 15.9. The van der Waals surface area contributed by atoms with Gasteiger partial charge in [-0.1, -0.05) is 54.9 Å². The van der Waals surface area contributed by atoms with Gasteiger partial charge < -0.3 is 8.83 Å². The van der Waals surface area contributed by atoms with E-state index in [0.717, 1.165) is 16.7 Å². The van der Waals surface area contributed by atoms with Gasteiger partial charge in [-0.05, 0) is 37.0 Å². The van der Waals surface area contributed by atoms with Crippen LogP contribution in [0, 0.1) is 0 Å². The zero-order valence-electron chi connectivity index (χ0n) is 13.1. The standard InChI is InChI=1S/C19H21NO2S/c1(4-9-16-10-5-3-6-11-16)2-7-14-23-19-20-15-18(22-19)17-12-8-13-21-17/h3,5-6,8,10-13,15H,1-2,4,7,9,14H2. The van der Waals surface area contributed by atoms with Crippen LogP contribution in [0.5, 0.6) is 0 Å². The molecule has 1 aromatic carbocycles. The van der Waals surface area contributed by atoms with Crippen molar-refractivity contribution in [3.63, 3.8) is 0 Å². The van der Waals surface area contributed by atoms with Gasteiger partial charge >= 0.3 is 0 Å². The third-order valence-electron chi connectivity index (χ3n) is 3.68. The van der Waals surface area contributed by atoms with Crippen LogP contribution in [0.4, 0.5) is 0 Å². The van der Waals surface area contributed by atoms with E-state index in [0.29, 0.717) is 5.76 Å². The summed E-state index contributed by atoms with van der Waals surface area (Å²) in [6, 6.07) is 14.4. The third kappa shape index (κ3) is 5.03.